The molecule has 1 aliphatic rings. The number of nitrogens with one attached hydrogen (secondary N) is 1. The maximum atomic E-state index is 12.8. The molecule has 0 bridgehead atoms. The summed E-state index contributed by atoms with van der Waals surface area (Å²) < 4.78 is 76.8. The molecule has 0 saturated heterocycles. The fourth-order valence-electron chi connectivity index (χ4n) is 2.50. The maximum absolute atomic E-state index is 12.8. The zero-order chi connectivity index (χ0) is 18.3. The van der Waals surface area contributed by atoms with Crippen molar-refractivity contribution < 1.29 is 41.0 Å². The molecule has 1 aromatic rings. The number of alkyl halides is 6. The molecule has 0 aliphatic heterocycles. The van der Waals surface area contributed by atoms with Gasteiger partial charge in [-0.15, -0.1) is 0 Å². The van der Waals surface area contributed by atoms with Crippen LogP contribution >= 0.6 is 0 Å². The van der Waals surface area contributed by atoms with Crippen LogP contribution in [0.25, 0.3) is 0 Å². The molecule has 0 atom stereocenters. The van der Waals surface area contributed by atoms with Crippen LogP contribution in [0.3, 0.4) is 0 Å². The van der Waals surface area contributed by atoms with Gasteiger partial charge in [-0.1, -0.05) is 0 Å². The molecule has 10 heteroatoms. The smallest absolute Gasteiger partial charge is 0.416 e. The molecular weight excluding hydrogens is 344 g/mol. The van der Waals surface area contributed by atoms with Crippen molar-refractivity contribution in [3.05, 3.63) is 34.9 Å². The summed E-state index contributed by atoms with van der Waals surface area (Å²) in [7, 11) is 0. The Morgan fingerprint density at radius 3 is 1.71 bits per heavy atom. The number of carbonyl (C=O) groups is 2. The van der Waals surface area contributed by atoms with Crippen LogP contribution in [0.1, 0.15) is 40.7 Å². The van der Waals surface area contributed by atoms with Crippen molar-refractivity contribution in [2.45, 2.75) is 37.2 Å². The van der Waals surface area contributed by atoms with Crippen molar-refractivity contribution >= 4 is 11.9 Å². The van der Waals surface area contributed by atoms with Crippen LogP contribution in [0.15, 0.2) is 18.2 Å². The Hall–Kier alpha value is -2.26. The molecule has 0 radical (unpaired) electrons. The van der Waals surface area contributed by atoms with E-state index in [9.17, 15) is 41.0 Å². The zero-order valence-corrected chi connectivity index (χ0v) is 11.8. The summed E-state index contributed by atoms with van der Waals surface area (Å²) in [5.74, 6) is -1.14. The van der Waals surface area contributed by atoms with Crippen LogP contribution in [0.2, 0.25) is 0 Å². The van der Waals surface area contributed by atoms with Crippen molar-refractivity contribution in [2.24, 2.45) is 0 Å². The van der Waals surface area contributed by atoms with E-state index in [2.05, 4.69) is 0 Å². The number of carbonyl (C=O) groups excluding carboxylic acids is 2. The fourth-order valence-corrected chi connectivity index (χ4v) is 2.50. The second kappa shape index (κ2) is 5.67. The van der Waals surface area contributed by atoms with Gasteiger partial charge in [-0.05, 0) is 37.5 Å². The summed E-state index contributed by atoms with van der Waals surface area (Å²) in [6.45, 7) is 0. The fraction of sp³-hybridized carbons (Fsp3) is 0.429. The highest BCUT2D eigenvalue weighted by Gasteiger charge is 2.46. The second-order valence-electron chi connectivity index (χ2n) is 5.47. The van der Waals surface area contributed by atoms with Crippen LogP contribution in [0.5, 0.6) is 0 Å². The molecule has 0 spiro atoms. The van der Waals surface area contributed by atoms with Gasteiger partial charge in [0, 0.05) is 5.56 Å². The van der Waals surface area contributed by atoms with Crippen LogP contribution in [0, 0.1) is 0 Å². The Morgan fingerprint density at radius 2 is 1.42 bits per heavy atom. The van der Waals surface area contributed by atoms with E-state index in [1.165, 1.54) is 0 Å². The number of rotatable bonds is 3. The molecule has 1 fully saturated rings. The molecule has 132 valence electrons. The van der Waals surface area contributed by atoms with Crippen molar-refractivity contribution in [1.82, 2.24) is 5.32 Å². The van der Waals surface area contributed by atoms with Crippen LogP contribution in [0.4, 0.5) is 31.1 Å². The Bertz CT molecular complexity index is 644. The Kier molecular flexibility index (Phi) is 4.28. The molecule has 0 aromatic heterocycles. The van der Waals surface area contributed by atoms with E-state index in [1.807, 2.05) is 0 Å². The second-order valence-corrected chi connectivity index (χ2v) is 5.47. The number of hydrogen-bond acceptors (Lipinski definition) is 3. The molecule has 4 nitrogen and oxygen atoms in total. The summed E-state index contributed by atoms with van der Waals surface area (Å²) in [6, 6.07) is 0.472. The van der Waals surface area contributed by atoms with Gasteiger partial charge in [0.1, 0.15) is 11.6 Å². The molecule has 0 unspecified atom stereocenters. The third-order valence-corrected chi connectivity index (χ3v) is 3.83. The van der Waals surface area contributed by atoms with Crippen molar-refractivity contribution in [1.29, 1.82) is 0 Å². The van der Waals surface area contributed by atoms with Crippen molar-refractivity contribution in [3.63, 3.8) is 0 Å². The summed E-state index contributed by atoms with van der Waals surface area (Å²) in [4.78, 5) is 23.0. The SMILES string of the molecule is O=C([O-])NC1(C(=O)c2cc(C(F)(F)F)cc(C(F)(F)F)c2)CCC1. The monoisotopic (exact) mass is 354 g/mol. The van der Waals surface area contributed by atoms with E-state index in [0.717, 1.165) is 0 Å². The third kappa shape index (κ3) is 3.46. The van der Waals surface area contributed by atoms with Gasteiger partial charge in [-0.3, -0.25) is 4.79 Å². The van der Waals surface area contributed by atoms with Gasteiger partial charge in [-0.25, -0.2) is 0 Å². The van der Waals surface area contributed by atoms with E-state index in [1.54, 1.807) is 5.32 Å². The molecule has 24 heavy (non-hydrogen) atoms. The number of amides is 1. The molecule has 1 saturated carbocycles. The minimum absolute atomic E-state index is 0.0303. The van der Waals surface area contributed by atoms with Gasteiger partial charge in [0.05, 0.1) is 11.1 Å². The lowest BCUT2D eigenvalue weighted by atomic mass is 9.71. The van der Waals surface area contributed by atoms with E-state index in [0.29, 0.717) is 6.42 Å². The van der Waals surface area contributed by atoms with Crippen LogP contribution in [-0.2, 0) is 12.4 Å². The molecule has 1 aliphatic carbocycles. The number of benzene rings is 1. The topological polar surface area (TPSA) is 69.2 Å². The Labute approximate surface area is 131 Å². The number of Topliss-reactive ketones (excluding diaryl/α,β-unsaturated/α-hetero) is 1. The Morgan fingerprint density at radius 1 is 0.958 bits per heavy atom. The number of hydrogen-bond donors (Lipinski definition) is 1. The average molecular weight is 354 g/mol. The highest BCUT2D eigenvalue weighted by molar-refractivity contribution is 6.05. The van der Waals surface area contributed by atoms with Gasteiger partial charge in [0.15, 0.2) is 5.78 Å². The first kappa shape index (κ1) is 18.1. The molecule has 0 heterocycles. The van der Waals surface area contributed by atoms with Crippen LogP contribution < -0.4 is 10.4 Å². The van der Waals surface area contributed by atoms with Gasteiger partial charge in [-0.2, -0.15) is 26.3 Å². The number of halogens is 6. The summed E-state index contributed by atoms with van der Waals surface area (Å²) in [5, 5.41) is 12.5. The summed E-state index contributed by atoms with van der Waals surface area (Å²) in [6.07, 6.45) is -11.7. The number of ketones is 1. The van der Waals surface area contributed by atoms with Gasteiger partial charge in [0.25, 0.3) is 0 Å². The van der Waals surface area contributed by atoms with E-state index in [-0.39, 0.29) is 31.0 Å². The molecule has 1 aromatic carbocycles. The molecular formula is C14H10F6NO3-. The first-order valence-electron chi connectivity index (χ1n) is 6.69. The summed E-state index contributed by atoms with van der Waals surface area (Å²) >= 11 is 0. The zero-order valence-electron chi connectivity index (χ0n) is 11.8. The lowest BCUT2D eigenvalue weighted by molar-refractivity contribution is -0.253. The predicted molar refractivity (Wildman–Crippen MR) is 65.9 cm³/mol. The maximum Gasteiger partial charge on any atom is 0.416 e. The highest BCUT2D eigenvalue weighted by Crippen LogP contribution is 2.39. The van der Waals surface area contributed by atoms with E-state index < -0.39 is 46.5 Å². The molecule has 1 amide bonds. The number of carboxylic acid groups (broad SMARTS) is 1. The van der Waals surface area contributed by atoms with E-state index >= 15 is 0 Å². The quantitative estimate of drug-likeness (QED) is 0.670. The van der Waals surface area contributed by atoms with E-state index in [4.69, 9.17) is 0 Å². The Balaban J connectivity index is 2.53. The minimum Gasteiger partial charge on any atom is -0.530 e. The third-order valence-electron chi connectivity index (χ3n) is 3.83. The van der Waals surface area contributed by atoms with Gasteiger partial charge < -0.3 is 15.2 Å². The normalized spacial score (nSPS) is 17.1. The van der Waals surface area contributed by atoms with Crippen molar-refractivity contribution in [2.75, 3.05) is 0 Å². The van der Waals surface area contributed by atoms with Crippen molar-refractivity contribution in [3.8, 4) is 0 Å². The molecule has 2 rings (SSSR count). The predicted octanol–water partition coefficient (Wildman–Crippen LogP) is 2.76. The van der Waals surface area contributed by atoms with Crippen LogP contribution in [-0.4, -0.2) is 17.4 Å². The highest BCUT2D eigenvalue weighted by atomic mass is 19.4. The lowest BCUT2D eigenvalue weighted by Crippen LogP contribution is -2.61. The van der Waals surface area contributed by atoms with Gasteiger partial charge >= 0.3 is 12.4 Å². The standard InChI is InChI=1S/C14H11F6NO3/c15-13(16,17)8-4-7(5-9(6-8)14(18,19)20)10(22)12(2-1-3-12)21-11(23)24/h4-6,21H,1-3H2,(H,23,24)/p-1. The lowest BCUT2D eigenvalue weighted by Gasteiger charge is -2.42. The largest absolute Gasteiger partial charge is 0.530 e. The minimum atomic E-state index is -5.09. The van der Waals surface area contributed by atoms with Gasteiger partial charge in [0.2, 0.25) is 0 Å². The molecule has 1 N–H and O–H groups in total. The average Bonchev–Trinajstić information content (AvgIpc) is 2.39. The first-order valence-corrected chi connectivity index (χ1v) is 6.69. The first-order chi connectivity index (χ1) is 10.8. The summed E-state index contributed by atoms with van der Waals surface area (Å²) in [5.41, 5.74) is -5.87.